The van der Waals surface area contributed by atoms with Gasteiger partial charge in [-0.25, -0.2) is 4.98 Å². The lowest BCUT2D eigenvalue weighted by atomic mass is 10.0. The predicted molar refractivity (Wildman–Crippen MR) is 122 cm³/mol. The molecule has 6 heteroatoms. The molecule has 2 aromatic heterocycles. The molecule has 4 N–H and O–H groups in total. The highest BCUT2D eigenvalue weighted by Gasteiger charge is 2.11. The molecule has 2 heterocycles. The topological polar surface area (TPSA) is 101 Å². The number of nitrogens with zero attached hydrogens (tertiary/aromatic N) is 1. The zero-order valence-electron chi connectivity index (χ0n) is 16.8. The molecule has 31 heavy (non-hydrogen) atoms. The summed E-state index contributed by atoms with van der Waals surface area (Å²) in [5.41, 5.74) is 10.00. The van der Waals surface area contributed by atoms with Crippen LogP contribution in [-0.4, -0.2) is 21.8 Å². The number of nitrogens with one attached hydrogen (secondary N) is 2. The molecule has 0 saturated carbocycles. The molecule has 0 aliphatic carbocycles. The summed E-state index contributed by atoms with van der Waals surface area (Å²) in [6.07, 6.45) is 3.89. The molecule has 0 bridgehead atoms. The monoisotopic (exact) mass is 410 g/mol. The maximum atomic E-state index is 12.2. The first kappa shape index (κ1) is 20.1. The van der Waals surface area contributed by atoms with Gasteiger partial charge in [-0.05, 0) is 29.3 Å². The molecule has 6 nitrogen and oxygen atoms in total. The fourth-order valence-corrected chi connectivity index (χ4v) is 3.39. The molecule has 154 valence electrons. The molecule has 0 unspecified atom stereocenters. The second-order valence-corrected chi connectivity index (χ2v) is 7.17. The van der Waals surface area contributed by atoms with Crippen molar-refractivity contribution < 1.29 is 9.59 Å². The number of hydrogen-bond acceptors (Lipinski definition) is 3. The van der Waals surface area contributed by atoms with E-state index in [-0.39, 0.29) is 5.91 Å². The molecular formula is C25H22N4O2. The summed E-state index contributed by atoms with van der Waals surface area (Å²) >= 11 is 0. The number of carbonyl (C=O) groups excluding carboxylic acids is 2. The fourth-order valence-electron chi connectivity index (χ4n) is 3.39. The Labute approximate surface area is 179 Å². The zero-order chi connectivity index (χ0) is 21.6. The highest BCUT2D eigenvalue weighted by molar-refractivity contribution is 6.24. The molecule has 0 saturated heterocycles. The third-order valence-corrected chi connectivity index (χ3v) is 4.95. The van der Waals surface area contributed by atoms with E-state index in [1.807, 2.05) is 72.8 Å². The SMILES string of the molecule is NC(=O)C(=Cc1c[nH]c2nc(CNC(=O)Cc3ccccc3)ccc12)c1ccccc1. The van der Waals surface area contributed by atoms with Crippen LogP contribution < -0.4 is 11.1 Å². The minimum absolute atomic E-state index is 0.0582. The van der Waals surface area contributed by atoms with Crippen LogP contribution >= 0.6 is 0 Å². The van der Waals surface area contributed by atoms with Crippen LogP contribution in [-0.2, 0) is 22.6 Å². The highest BCUT2D eigenvalue weighted by Crippen LogP contribution is 2.23. The number of aromatic nitrogens is 2. The maximum Gasteiger partial charge on any atom is 0.249 e. The summed E-state index contributed by atoms with van der Waals surface area (Å²) in [5.74, 6) is -0.552. The van der Waals surface area contributed by atoms with Crippen molar-refractivity contribution in [3.8, 4) is 0 Å². The molecule has 0 aliphatic rings. The van der Waals surface area contributed by atoms with E-state index in [0.29, 0.717) is 24.2 Å². The van der Waals surface area contributed by atoms with Crippen LogP contribution in [0.25, 0.3) is 22.7 Å². The van der Waals surface area contributed by atoms with Gasteiger partial charge in [-0.3, -0.25) is 9.59 Å². The van der Waals surface area contributed by atoms with Gasteiger partial charge in [-0.2, -0.15) is 0 Å². The predicted octanol–water partition coefficient (Wildman–Crippen LogP) is 3.45. The fraction of sp³-hybridized carbons (Fsp3) is 0.0800. The summed E-state index contributed by atoms with van der Waals surface area (Å²) in [6.45, 7) is 0.336. The average Bonchev–Trinajstić information content (AvgIpc) is 3.19. The Morgan fingerprint density at radius 3 is 2.39 bits per heavy atom. The Kier molecular flexibility index (Phi) is 5.89. The third-order valence-electron chi connectivity index (χ3n) is 4.95. The molecule has 2 amide bonds. The number of pyridine rings is 1. The van der Waals surface area contributed by atoms with Crippen LogP contribution in [0.2, 0.25) is 0 Å². The van der Waals surface area contributed by atoms with E-state index in [0.717, 1.165) is 27.8 Å². The highest BCUT2D eigenvalue weighted by atomic mass is 16.1. The number of benzene rings is 2. The van der Waals surface area contributed by atoms with Crippen LogP contribution in [0, 0.1) is 0 Å². The van der Waals surface area contributed by atoms with Crippen LogP contribution in [0.1, 0.15) is 22.4 Å². The smallest absolute Gasteiger partial charge is 0.249 e. The van der Waals surface area contributed by atoms with Crippen LogP contribution in [0.4, 0.5) is 0 Å². The normalized spacial score (nSPS) is 11.4. The zero-order valence-corrected chi connectivity index (χ0v) is 16.8. The van der Waals surface area contributed by atoms with Gasteiger partial charge in [0, 0.05) is 22.7 Å². The Morgan fingerprint density at radius 1 is 0.968 bits per heavy atom. The second-order valence-electron chi connectivity index (χ2n) is 7.17. The minimum Gasteiger partial charge on any atom is -0.366 e. The summed E-state index contributed by atoms with van der Waals surface area (Å²) < 4.78 is 0. The minimum atomic E-state index is -0.494. The lowest BCUT2D eigenvalue weighted by molar-refractivity contribution is -0.120. The van der Waals surface area contributed by atoms with E-state index in [1.165, 1.54) is 0 Å². The first-order valence-corrected chi connectivity index (χ1v) is 9.95. The molecule has 4 aromatic rings. The van der Waals surface area contributed by atoms with E-state index in [4.69, 9.17) is 5.73 Å². The number of aromatic amines is 1. The molecule has 2 aromatic carbocycles. The van der Waals surface area contributed by atoms with Gasteiger partial charge in [0.2, 0.25) is 11.8 Å². The van der Waals surface area contributed by atoms with Crippen molar-refractivity contribution in [2.45, 2.75) is 13.0 Å². The molecular weight excluding hydrogens is 388 g/mol. The maximum absolute atomic E-state index is 12.2. The average molecular weight is 410 g/mol. The number of H-pyrrole nitrogens is 1. The molecule has 0 radical (unpaired) electrons. The van der Waals surface area contributed by atoms with Crippen molar-refractivity contribution in [2.24, 2.45) is 5.73 Å². The van der Waals surface area contributed by atoms with E-state index in [1.54, 1.807) is 12.3 Å². The van der Waals surface area contributed by atoms with Gasteiger partial charge < -0.3 is 16.0 Å². The lowest BCUT2D eigenvalue weighted by Crippen LogP contribution is -2.24. The molecule has 0 fully saturated rings. The third kappa shape index (κ3) is 4.87. The van der Waals surface area contributed by atoms with Gasteiger partial charge in [0.1, 0.15) is 5.65 Å². The number of nitrogens with two attached hydrogens (primary N) is 1. The second kappa shape index (κ2) is 9.09. The number of carbonyl (C=O) groups is 2. The van der Waals surface area contributed by atoms with Crippen molar-refractivity contribution in [3.05, 3.63) is 101 Å². The van der Waals surface area contributed by atoms with E-state index in [2.05, 4.69) is 15.3 Å². The quantitative estimate of drug-likeness (QED) is 0.407. The Hall–Kier alpha value is -4.19. The Morgan fingerprint density at radius 2 is 1.68 bits per heavy atom. The number of rotatable bonds is 7. The molecule has 0 atom stereocenters. The van der Waals surface area contributed by atoms with Gasteiger partial charge in [-0.1, -0.05) is 60.7 Å². The summed E-state index contributed by atoms with van der Waals surface area (Å²) in [5, 5.41) is 3.77. The van der Waals surface area contributed by atoms with Crippen molar-refractivity contribution in [1.29, 1.82) is 0 Å². The summed E-state index contributed by atoms with van der Waals surface area (Å²) in [7, 11) is 0. The first-order valence-electron chi connectivity index (χ1n) is 9.95. The molecule has 0 aliphatic heterocycles. The van der Waals surface area contributed by atoms with Crippen LogP contribution in [0.5, 0.6) is 0 Å². The van der Waals surface area contributed by atoms with Crippen molar-refractivity contribution in [3.63, 3.8) is 0 Å². The van der Waals surface area contributed by atoms with Gasteiger partial charge >= 0.3 is 0 Å². The van der Waals surface area contributed by atoms with Crippen molar-refractivity contribution in [1.82, 2.24) is 15.3 Å². The molecule has 0 spiro atoms. The standard InChI is InChI=1S/C25H22N4O2/c26-24(31)22(18-9-5-2-6-10-18)14-19-15-28-25-21(19)12-11-20(29-25)16-27-23(30)13-17-7-3-1-4-8-17/h1-12,14-15H,13,16H2,(H2,26,31)(H,27,30)(H,28,29). The number of amides is 2. The summed E-state index contributed by atoms with van der Waals surface area (Å²) in [6, 6.07) is 22.7. The van der Waals surface area contributed by atoms with Crippen molar-refractivity contribution >= 4 is 34.5 Å². The largest absolute Gasteiger partial charge is 0.366 e. The first-order chi connectivity index (χ1) is 15.1. The van der Waals surface area contributed by atoms with Gasteiger partial charge in [0.05, 0.1) is 18.7 Å². The summed E-state index contributed by atoms with van der Waals surface area (Å²) in [4.78, 5) is 31.9. The van der Waals surface area contributed by atoms with Gasteiger partial charge in [-0.15, -0.1) is 0 Å². The van der Waals surface area contributed by atoms with E-state index >= 15 is 0 Å². The van der Waals surface area contributed by atoms with Crippen LogP contribution in [0.15, 0.2) is 79.0 Å². The Bertz CT molecular complexity index is 1240. The van der Waals surface area contributed by atoms with Gasteiger partial charge in [0.25, 0.3) is 0 Å². The number of hydrogen-bond donors (Lipinski definition) is 3. The van der Waals surface area contributed by atoms with Crippen molar-refractivity contribution in [2.75, 3.05) is 0 Å². The van der Waals surface area contributed by atoms with E-state index < -0.39 is 5.91 Å². The number of primary amides is 1. The lowest BCUT2D eigenvalue weighted by Gasteiger charge is -2.06. The van der Waals surface area contributed by atoms with Crippen LogP contribution in [0.3, 0.4) is 0 Å². The Balaban J connectivity index is 1.50. The van der Waals surface area contributed by atoms with E-state index in [9.17, 15) is 9.59 Å². The van der Waals surface area contributed by atoms with Gasteiger partial charge in [0.15, 0.2) is 0 Å². The molecule has 4 rings (SSSR count). The number of fused-ring (bicyclic) bond motifs is 1.